The van der Waals surface area contributed by atoms with Crippen molar-refractivity contribution in [2.75, 3.05) is 11.9 Å². The van der Waals surface area contributed by atoms with Gasteiger partial charge in [-0.05, 0) is 64.8 Å². The first kappa shape index (κ1) is 24.4. The average molecular weight is 528 g/mol. The van der Waals surface area contributed by atoms with Crippen LogP contribution in [0.2, 0.25) is 0 Å². The third-order valence-electron chi connectivity index (χ3n) is 4.31. The van der Waals surface area contributed by atoms with Gasteiger partial charge in [-0.2, -0.15) is 0 Å². The zero-order chi connectivity index (χ0) is 24.7. The Morgan fingerprint density at radius 2 is 1.88 bits per heavy atom. The van der Waals surface area contributed by atoms with Crippen LogP contribution in [0.5, 0.6) is 0 Å². The van der Waals surface area contributed by atoms with Crippen LogP contribution in [0.15, 0.2) is 75.4 Å². The van der Waals surface area contributed by atoms with E-state index < -0.39 is 22.7 Å². The number of halogens is 1. The number of rotatable bonds is 8. The fourth-order valence-corrected chi connectivity index (χ4v) is 3.12. The molecule has 1 aromatic heterocycles. The van der Waals surface area contributed by atoms with E-state index >= 15 is 0 Å². The molecule has 0 saturated carbocycles. The summed E-state index contributed by atoms with van der Waals surface area (Å²) in [4.78, 5) is 48.1. The van der Waals surface area contributed by atoms with Crippen molar-refractivity contribution in [3.8, 4) is 0 Å². The maximum Gasteiger partial charge on any atom is 0.338 e. The fraction of sp³-hybridized carbons (Fsp3) is 0.0870. The number of furan rings is 1. The molecule has 3 rings (SSSR count). The number of benzene rings is 2. The molecule has 1 heterocycles. The van der Waals surface area contributed by atoms with Gasteiger partial charge >= 0.3 is 5.97 Å². The van der Waals surface area contributed by atoms with Gasteiger partial charge in [-0.15, -0.1) is 0 Å². The Kier molecular flexibility index (Phi) is 7.93. The van der Waals surface area contributed by atoms with Crippen LogP contribution in [0.3, 0.4) is 0 Å². The lowest BCUT2D eigenvalue weighted by molar-refractivity contribution is -0.384. The Morgan fingerprint density at radius 1 is 1.12 bits per heavy atom. The summed E-state index contributed by atoms with van der Waals surface area (Å²) >= 11 is 3.10. The lowest BCUT2D eigenvalue weighted by Crippen LogP contribution is -2.30. The van der Waals surface area contributed by atoms with Crippen LogP contribution in [0.25, 0.3) is 6.08 Å². The van der Waals surface area contributed by atoms with Gasteiger partial charge in [-0.25, -0.2) is 4.79 Å². The number of carbonyl (C=O) groups excluding carboxylic acids is 3. The molecule has 2 amide bonds. The molecule has 0 bridgehead atoms. The summed E-state index contributed by atoms with van der Waals surface area (Å²) in [6.07, 6.45) is 1.29. The normalized spacial score (nSPS) is 10.9. The van der Waals surface area contributed by atoms with Crippen molar-refractivity contribution < 1.29 is 28.5 Å². The van der Waals surface area contributed by atoms with E-state index in [0.717, 1.165) is 0 Å². The molecule has 2 N–H and O–H groups in total. The highest BCUT2D eigenvalue weighted by Gasteiger charge is 2.18. The first-order valence-electron chi connectivity index (χ1n) is 9.88. The van der Waals surface area contributed by atoms with E-state index in [1.54, 1.807) is 19.1 Å². The Hall–Kier alpha value is -4.25. The van der Waals surface area contributed by atoms with Crippen LogP contribution in [0.1, 0.15) is 33.4 Å². The highest BCUT2D eigenvalue weighted by molar-refractivity contribution is 9.10. The molecule has 0 aliphatic heterocycles. The maximum absolute atomic E-state index is 13.0. The van der Waals surface area contributed by atoms with E-state index in [-0.39, 0.29) is 35.0 Å². The molecule has 0 aliphatic rings. The SMILES string of the molecule is CCOC(=O)c1cccc(NC(=O)/C(=C/c2cccc([N+](=O)[O-])c2)NC(=O)c2ccc(Br)o2)c1. The quantitative estimate of drug-likeness (QED) is 0.189. The molecule has 34 heavy (non-hydrogen) atoms. The van der Waals surface area contributed by atoms with Crippen molar-refractivity contribution >= 4 is 51.2 Å². The van der Waals surface area contributed by atoms with Crippen LogP contribution >= 0.6 is 15.9 Å². The topological polar surface area (TPSA) is 141 Å². The molecular formula is C23H18BrN3O7. The number of carbonyl (C=O) groups is 3. The van der Waals surface area contributed by atoms with Gasteiger partial charge in [0, 0.05) is 17.8 Å². The summed E-state index contributed by atoms with van der Waals surface area (Å²) < 4.78 is 10.5. The second-order valence-corrected chi connectivity index (χ2v) is 7.50. The number of ether oxygens (including phenoxy) is 1. The molecular weight excluding hydrogens is 510 g/mol. The number of hydrogen-bond acceptors (Lipinski definition) is 7. The van der Waals surface area contributed by atoms with E-state index in [2.05, 4.69) is 26.6 Å². The summed E-state index contributed by atoms with van der Waals surface area (Å²) in [6.45, 7) is 1.87. The molecule has 3 aromatic rings. The van der Waals surface area contributed by atoms with Crippen molar-refractivity contribution in [1.82, 2.24) is 5.32 Å². The molecule has 0 atom stereocenters. The van der Waals surface area contributed by atoms with E-state index in [1.165, 1.54) is 54.6 Å². The zero-order valence-electron chi connectivity index (χ0n) is 17.7. The second kappa shape index (κ2) is 11.1. The van der Waals surface area contributed by atoms with Crippen LogP contribution < -0.4 is 10.6 Å². The van der Waals surface area contributed by atoms with Crippen molar-refractivity contribution in [1.29, 1.82) is 0 Å². The van der Waals surface area contributed by atoms with E-state index in [1.807, 2.05) is 0 Å². The summed E-state index contributed by atoms with van der Waals surface area (Å²) in [7, 11) is 0. The molecule has 0 unspecified atom stereocenters. The summed E-state index contributed by atoms with van der Waals surface area (Å²) in [5, 5.41) is 16.1. The first-order chi connectivity index (χ1) is 16.3. The molecule has 0 aliphatic carbocycles. The van der Waals surface area contributed by atoms with Gasteiger partial charge in [0.05, 0.1) is 17.1 Å². The average Bonchev–Trinajstić information content (AvgIpc) is 3.25. The maximum atomic E-state index is 13.0. The molecule has 174 valence electrons. The zero-order valence-corrected chi connectivity index (χ0v) is 19.3. The van der Waals surface area contributed by atoms with Crippen LogP contribution in [0.4, 0.5) is 11.4 Å². The second-order valence-electron chi connectivity index (χ2n) is 6.72. The number of esters is 1. The molecule has 0 saturated heterocycles. The largest absolute Gasteiger partial charge is 0.462 e. The van der Waals surface area contributed by atoms with E-state index in [0.29, 0.717) is 10.2 Å². The van der Waals surface area contributed by atoms with Gasteiger partial charge in [0.1, 0.15) is 5.70 Å². The number of nitrogens with one attached hydrogen (secondary N) is 2. The lowest BCUT2D eigenvalue weighted by Gasteiger charge is -2.11. The number of anilines is 1. The van der Waals surface area contributed by atoms with E-state index in [4.69, 9.17) is 9.15 Å². The van der Waals surface area contributed by atoms with Crippen molar-refractivity contribution in [2.45, 2.75) is 6.92 Å². The highest BCUT2D eigenvalue weighted by Crippen LogP contribution is 2.18. The van der Waals surface area contributed by atoms with Gasteiger partial charge in [0.25, 0.3) is 17.5 Å². The third-order valence-corrected chi connectivity index (χ3v) is 4.74. The first-order valence-corrected chi connectivity index (χ1v) is 10.7. The summed E-state index contributed by atoms with van der Waals surface area (Å²) in [6, 6.07) is 14.5. The van der Waals surface area contributed by atoms with Crippen molar-refractivity contribution in [3.05, 3.63) is 98.0 Å². The fourth-order valence-electron chi connectivity index (χ4n) is 2.81. The smallest absolute Gasteiger partial charge is 0.338 e. The summed E-state index contributed by atoms with van der Waals surface area (Å²) in [5.74, 6) is -2.05. The predicted molar refractivity (Wildman–Crippen MR) is 126 cm³/mol. The summed E-state index contributed by atoms with van der Waals surface area (Å²) in [5.41, 5.74) is 0.417. The standard InChI is InChI=1S/C23H18BrN3O7/c1-2-33-23(30)15-6-4-7-16(13-15)25-21(28)18(26-22(29)19-9-10-20(24)34-19)12-14-5-3-8-17(11-14)27(31)32/h3-13H,2H2,1H3,(H,25,28)(H,26,29)/b18-12-. The molecule has 0 radical (unpaired) electrons. The van der Waals surface area contributed by atoms with Gasteiger partial charge in [-0.3, -0.25) is 19.7 Å². The Bertz CT molecular complexity index is 1280. The van der Waals surface area contributed by atoms with Gasteiger partial charge in [0.15, 0.2) is 10.4 Å². The van der Waals surface area contributed by atoms with Gasteiger partial charge < -0.3 is 19.8 Å². The molecule has 0 spiro atoms. The van der Waals surface area contributed by atoms with Gasteiger partial charge in [0.2, 0.25) is 0 Å². The lowest BCUT2D eigenvalue weighted by atomic mass is 10.1. The molecule has 11 heteroatoms. The minimum atomic E-state index is -0.730. The van der Waals surface area contributed by atoms with Crippen LogP contribution in [-0.2, 0) is 9.53 Å². The van der Waals surface area contributed by atoms with E-state index in [9.17, 15) is 24.5 Å². The number of nitro benzene ring substituents is 1. The minimum absolute atomic E-state index is 0.0612. The number of hydrogen-bond donors (Lipinski definition) is 2. The predicted octanol–water partition coefficient (Wildman–Crippen LogP) is 4.54. The third kappa shape index (κ3) is 6.39. The van der Waals surface area contributed by atoms with Crippen molar-refractivity contribution in [3.63, 3.8) is 0 Å². The monoisotopic (exact) mass is 527 g/mol. The van der Waals surface area contributed by atoms with Crippen molar-refractivity contribution in [2.24, 2.45) is 0 Å². The number of amides is 2. The molecule has 10 nitrogen and oxygen atoms in total. The number of nitro groups is 1. The molecule has 2 aromatic carbocycles. The Balaban J connectivity index is 1.91. The van der Waals surface area contributed by atoms with Crippen LogP contribution in [0, 0.1) is 10.1 Å². The minimum Gasteiger partial charge on any atom is -0.462 e. The Labute approximate surface area is 201 Å². The van der Waals surface area contributed by atoms with Crippen LogP contribution in [-0.4, -0.2) is 29.3 Å². The number of nitrogens with zero attached hydrogens (tertiary/aromatic N) is 1. The Morgan fingerprint density at radius 3 is 2.56 bits per heavy atom. The van der Waals surface area contributed by atoms with Gasteiger partial charge in [-0.1, -0.05) is 18.2 Å². The molecule has 0 fully saturated rings. The number of non-ortho nitro benzene ring substituents is 1. The highest BCUT2D eigenvalue weighted by atomic mass is 79.9.